The topological polar surface area (TPSA) is 75.7 Å². The minimum absolute atomic E-state index is 0.215. The van der Waals surface area contributed by atoms with Crippen LogP contribution in [0.1, 0.15) is 15.9 Å². The summed E-state index contributed by atoms with van der Waals surface area (Å²) in [6.07, 6.45) is 3.27. The first kappa shape index (κ1) is 29.4. The Kier molecular flexibility index (Phi) is 9.63. The van der Waals surface area contributed by atoms with Gasteiger partial charge in [-0.3, -0.25) is 9.69 Å². The normalized spacial score (nSPS) is 13.8. The Hall–Kier alpha value is -4.05. The summed E-state index contributed by atoms with van der Waals surface area (Å²) in [7, 11) is 6.33. The van der Waals surface area contributed by atoms with E-state index in [1.807, 2.05) is 24.3 Å². The number of allylic oxidation sites excluding steroid dienone is 1. The van der Waals surface area contributed by atoms with Gasteiger partial charge in [-0.15, -0.1) is 11.3 Å². The van der Waals surface area contributed by atoms with Gasteiger partial charge in [0.1, 0.15) is 18.1 Å². The van der Waals surface area contributed by atoms with Crippen molar-refractivity contribution in [2.24, 2.45) is 0 Å². The maximum absolute atomic E-state index is 13.4. The third-order valence-corrected chi connectivity index (χ3v) is 8.31. The molecule has 8 nitrogen and oxygen atoms in total. The van der Waals surface area contributed by atoms with Gasteiger partial charge in [0.05, 0.1) is 41.7 Å². The second-order valence-corrected chi connectivity index (χ2v) is 10.7. The number of fused-ring (bicyclic) bond motifs is 1. The molecule has 1 fully saturated rings. The van der Waals surface area contributed by atoms with Crippen molar-refractivity contribution in [2.45, 2.75) is 0 Å². The number of ketones is 1. The summed E-state index contributed by atoms with van der Waals surface area (Å²) in [5, 5.41) is 1.17. The molecule has 1 aliphatic heterocycles. The molecular weight excluding hydrogens is 554 g/mol. The first-order valence-corrected chi connectivity index (χ1v) is 14.5. The van der Waals surface area contributed by atoms with Crippen LogP contribution in [0.25, 0.3) is 26.6 Å². The van der Waals surface area contributed by atoms with E-state index in [-0.39, 0.29) is 5.78 Å². The fraction of sp³-hybridized carbons (Fsp3) is 0.303. The molecule has 1 aliphatic rings. The van der Waals surface area contributed by atoms with Crippen LogP contribution in [0.2, 0.25) is 0 Å². The number of nitrogens with zero attached hydrogens (tertiary/aromatic N) is 1. The fourth-order valence-electron chi connectivity index (χ4n) is 4.89. The molecule has 220 valence electrons. The SMILES string of the molecule is COc1cc(OC)c(-c2cc3ccccc3s2)cc1/C=C/C(=O)c1cc(OC)c(OCCN2CCOCC2)c(OC)c1. The summed E-state index contributed by atoms with van der Waals surface area (Å²) in [6.45, 7) is 4.42. The van der Waals surface area contributed by atoms with Gasteiger partial charge < -0.3 is 28.4 Å². The molecule has 5 rings (SSSR count). The van der Waals surface area contributed by atoms with Crippen LogP contribution in [0.15, 0.2) is 60.7 Å². The molecule has 1 aromatic heterocycles. The summed E-state index contributed by atoms with van der Waals surface area (Å²) in [5.74, 6) is 2.41. The van der Waals surface area contributed by atoms with E-state index in [1.165, 1.54) is 16.2 Å². The highest BCUT2D eigenvalue weighted by molar-refractivity contribution is 7.22. The smallest absolute Gasteiger partial charge is 0.203 e. The van der Waals surface area contributed by atoms with E-state index < -0.39 is 0 Å². The Morgan fingerprint density at radius 3 is 2.24 bits per heavy atom. The van der Waals surface area contributed by atoms with Crippen LogP contribution in [-0.4, -0.2) is 78.6 Å². The Bertz CT molecular complexity index is 1510. The molecule has 0 amide bonds. The first-order valence-electron chi connectivity index (χ1n) is 13.7. The van der Waals surface area contributed by atoms with Gasteiger partial charge in [0, 0.05) is 52.0 Å². The minimum Gasteiger partial charge on any atom is -0.496 e. The number of hydrogen-bond donors (Lipinski definition) is 0. The maximum Gasteiger partial charge on any atom is 0.203 e. The molecule has 0 unspecified atom stereocenters. The number of thiophene rings is 1. The molecule has 0 radical (unpaired) electrons. The van der Waals surface area contributed by atoms with Gasteiger partial charge in [0.25, 0.3) is 0 Å². The predicted molar refractivity (Wildman–Crippen MR) is 166 cm³/mol. The van der Waals surface area contributed by atoms with Gasteiger partial charge in [0.2, 0.25) is 5.75 Å². The predicted octanol–water partition coefficient (Wildman–Crippen LogP) is 6.21. The molecule has 0 aliphatic carbocycles. The summed E-state index contributed by atoms with van der Waals surface area (Å²) in [6, 6.07) is 17.6. The standard InChI is InChI=1S/C33H35NO7S/c1-36-27-21-28(37-2)25(32-20-23-7-5-6-8-31(23)42-32)17-22(27)9-10-26(35)24-18-29(38-3)33(30(19-24)39-4)41-16-13-34-11-14-40-15-12-34/h5-10,17-21H,11-16H2,1-4H3/b10-9+. The van der Waals surface area contributed by atoms with E-state index in [2.05, 4.69) is 23.1 Å². The Morgan fingerprint density at radius 2 is 1.57 bits per heavy atom. The lowest BCUT2D eigenvalue weighted by molar-refractivity contribution is 0.0319. The number of rotatable bonds is 12. The van der Waals surface area contributed by atoms with E-state index >= 15 is 0 Å². The number of benzene rings is 3. The number of carbonyl (C=O) groups excluding carboxylic acids is 1. The number of ether oxygens (including phenoxy) is 6. The highest BCUT2D eigenvalue weighted by atomic mass is 32.1. The monoisotopic (exact) mass is 589 g/mol. The summed E-state index contributed by atoms with van der Waals surface area (Å²) < 4.78 is 35.2. The van der Waals surface area contributed by atoms with Crippen LogP contribution >= 0.6 is 11.3 Å². The van der Waals surface area contributed by atoms with E-state index in [0.29, 0.717) is 40.9 Å². The van der Waals surface area contributed by atoms with Crippen molar-refractivity contribution < 1.29 is 33.2 Å². The summed E-state index contributed by atoms with van der Waals surface area (Å²) in [4.78, 5) is 16.7. The minimum atomic E-state index is -0.215. The highest BCUT2D eigenvalue weighted by Gasteiger charge is 2.19. The third kappa shape index (κ3) is 6.54. The molecule has 42 heavy (non-hydrogen) atoms. The van der Waals surface area contributed by atoms with Crippen LogP contribution < -0.4 is 23.7 Å². The average molecular weight is 590 g/mol. The molecule has 2 heterocycles. The Labute approximate surface area is 250 Å². The number of methoxy groups -OCH3 is 4. The zero-order valence-corrected chi connectivity index (χ0v) is 25.1. The second-order valence-electron chi connectivity index (χ2n) is 9.65. The zero-order chi connectivity index (χ0) is 29.5. The number of carbonyl (C=O) groups is 1. The first-order chi connectivity index (χ1) is 20.5. The molecule has 0 saturated carbocycles. The van der Waals surface area contributed by atoms with E-state index in [4.69, 9.17) is 28.4 Å². The molecule has 3 aromatic carbocycles. The average Bonchev–Trinajstić information content (AvgIpc) is 3.47. The van der Waals surface area contributed by atoms with Crippen molar-refractivity contribution in [3.63, 3.8) is 0 Å². The van der Waals surface area contributed by atoms with Crippen molar-refractivity contribution in [1.82, 2.24) is 4.90 Å². The molecule has 4 aromatic rings. The number of hydrogen-bond acceptors (Lipinski definition) is 9. The van der Waals surface area contributed by atoms with Crippen LogP contribution in [0.5, 0.6) is 28.7 Å². The van der Waals surface area contributed by atoms with Crippen molar-refractivity contribution in [3.05, 3.63) is 71.8 Å². The molecule has 1 saturated heterocycles. The lowest BCUT2D eigenvalue weighted by Gasteiger charge is -2.26. The van der Waals surface area contributed by atoms with Crippen LogP contribution in [-0.2, 0) is 4.74 Å². The van der Waals surface area contributed by atoms with Gasteiger partial charge in [-0.1, -0.05) is 18.2 Å². The molecule has 0 N–H and O–H groups in total. The largest absolute Gasteiger partial charge is 0.496 e. The third-order valence-electron chi connectivity index (χ3n) is 7.16. The Balaban J connectivity index is 1.39. The molecule has 0 spiro atoms. The van der Waals surface area contributed by atoms with Gasteiger partial charge >= 0.3 is 0 Å². The molecule has 0 atom stereocenters. The van der Waals surface area contributed by atoms with Gasteiger partial charge in [-0.2, -0.15) is 0 Å². The van der Waals surface area contributed by atoms with Crippen LogP contribution in [0.3, 0.4) is 0 Å². The van der Waals surface area contributed by atoms with Gasteiger partial charge in [-0.25, -0.2) is 0 Å². The van der Waals surface area contributed by atoms with Crippen LogP contribution in [0, 0.1) is 0 Å². The quantitative estimate of drug-likeness (QED) is 0.143. The van der Waals surface area contributed by atoms with Crippen molar-refractivity contribution >= 4 is 33.3 Å². The summed E-state index contributed by atoms with van der Waals surface area (Å²) in [5.41, 5.74) is 2.09. The Morgan fingerprint density at radius 1 is 0.881 bits per heavy atom. The second kappa shape index (κ2) is 13.7. The van der Waals surface area contributed by atoms with Gasteiger partial charge in [-0.05, 0) is 47.9 Å². The lowest BCUT2D eigenvalue weighted by Crippen LogP contribution is -2.38. The summed E-state index contributed by atoms with van der Waals surface area (Å²) >= 11 is 1.69. The molecule has 9 heteroatoms. The fourth-order valence-corrected chi connectivity index (χ4v) is 5.97. The molecular formula is C33H35NO7S. The van der Waals surface area contributed by atoms with E-state index in [0.717, 1.165) is 48.9 Å². The maximum atomic E-state index is 13.4. The zero-order valence-electron chi connectivity index (χ0n) is 24.3. The van der Waals surface area contributed by atoms with Crippen molar-refractivity contribution in [2.75, 3.05) is 67.9 Å². The van der Waals surface area contributed by atoms with Crippen LogP contribution in [0.4, 0.5) is 0 Å². The van der Waals surface area contributed by atoms with E-state index in [9.17, 15) is 4.79 Å². The highest BCUT2D eigenvalue weighted by Crippen LogP contribution is 2.42. The molecule has 0 bridgehead atoms. The number of morpholine rings is 1. The lowest BCUT2D eigenvalue weighted by atomic mass is 10.0. The van der Waals surface area contributed by atoms with E-state index in [1.54, 1.807) is 58.0 Å². The van der Waals surface area contributed by atoms with Crippen molar-refractivity contribution in [1.29, 1.82) is 0 Å². The van der Waals surface area contributed by atoms with Crippen molar-refractivity contribution in [3.8, 4) is 39.2 Å². The van der Waals surface area contributed by atoms with Gasteiger partial charge in [0.15, 0.2) is 17.3 Å².